The molecule has 1 fully saturated rings. The molecule has 3 N–H and O–H groups in total. The van der Waals surface area contributed by atoms with E-state index in [1.807, 2.05) is 6.07 Å². The summed E-state index contributed by atoms with van der Waals surface area (Å²) in [5, 5.41) is 9.04. The van der Waals surface area contributed by atoms with Gasteiger partial charge in [-0.2, -0.15) is 0 Å². The summed E-state index contributed by atoms with van der Waals surface area (Å²) < 4.78 is 0. The van der Waals surface area contributed by atoms with Crippen LogP contribution in [0.15, 0.2) is 18.2 Å². The molecular weight excluding hydrogens is 256 g/mol. The van der Waals surface area contributed by atoms with E-state index in [9.17, 15) is 9.59 Å². The van der Waals surface area contributed by atoms with E-state index in [0.717, 1.165) is 36.8 Å². The van der Waals surface area contributed by atoms with E-state index in [-0.39, 0.29) is 11.5 Å². The van der Waals surface area contributed by atoms with Gasteiger partial charge in [0.1, 0.15) is 0 Å². The molecule has 1 amide bonds. The fourth-order valence-electron chi connectivity index (χ4n) is 2.95. The first-order valence-corrected chi connectivity index (χ1v) is 6.93. The first-order valence-electron chi connectivity index (χ1n) is 6.93. The zero-order valence-corrected chi connectivity index (χ0v) is 11.3. The number of rotatable bonds is 2. The Balaban J connectivity index is 1.82. The van der Waals surface area contributed by atoms with Crippen LogP contribution in [-0.4, -0.2) is 34.0 Å². The maximum Gasteiger partial charge on any atom is 0.335 e. The molecule has 2 aliphatic rings. The third-order valence-corrected chi connectivity index (χ3v) is 4.42. The molecule has 0 atom stereocenters. The summed E-state index contributed by atoms with van der Waals surface area (Å²) in [6, 6.07) is 5.14. The average molecular weight is 274 g/mol. The summed E-state index contributed by atoms with van der Waals surface area (Å²) in [5.41, 5.74) is 7.73. The zero-order chi connectivity index (χ0) is 14.3. The second-order valence-electron chi connectivity index (χ2n) is 5.78. The third-order valence-electron chi connectivity index (χ3n) is 4.42. The topological polar surface area (TPSA) is 83.6 Å². The molecule has 3 rings (SSSR count). The van der Waals surface area contributed by atoms with Crippen LogP contribution in [0.1, 0.15) is 40.7 Å². The molecule has 0 saturated heterocycles. The van der Waals surface area contributed by atoms with Crippen molar-refractivity contribution in [3.63, 3.8) is 0 Å². The highest BCUT2D eigenvalue weighted by Crippen LogP contribution is 2.32. The van der Waals surface area contributed by atoms with Crippen LogP contribution in [0, 0.1) is 0 Å². The van der Waals surface area contributed by atoms with Gasteiger partial charge in [0.15, 0.2) is 0 Å². The Labute approximate surface area is 117 Å². The minimum atomic E-state index is -0.939. The summed E-state index contributed by atoms with van der Waals surface area (Å²) in [7, 11) is 0. The standard InChI is InChI=1S/C15H18N2O3/c16-15(5-1-6-15)14(20)17-7-4-10-2-3-11(13(18)19)8-12(10)9-17/h2-3,8H,1,4-7,9,16H2,(H,18,19). The monoisotopic (exact) mass is 274 g/mol. The van der Waals surface area contributed by atoms with E-state index in [4.69, 9.17) is 10.8 Å². The van der Waals surface area contributed by atoms with Crippen molar-refractivity contribution < 1.29 is 14.7 Å². The number of carboxylic acids is 1. The third kappa shape index (κ3) is 2.08. The Morgan fingerprint density at radius 2 is 2.00 bits per heavy atom. The van der Waals surface area contributed by atoms with Gasteiger partial charge in [-0.15, -0.1) is 0 Å². The highest BCUT2D eigenvalue weighted by molar-refractivity contribution is 5.89. The number of carbonyl (C=O) groups is 2. The Bertz CT molecular complexity index is 578. The van der Waals surface area contributed by atoms with Crippen molar-refractivity contribution in [1.29, 1.82) is 0 Å². The minimum absolute atomic E-state index is 0.00938. The fourth-order valence-corrected chi connectivity index (χ4v) is 2.95. The van der Waals surface area contributed by atoms with Crippen LogP contribution >= 0.6 is 0 Å². The number of carboxylic acid groups (broad SMARTS) is 1. The van der Waals surface area contributed by atoms with Crippen LogP contribution in [0.3, 0.4) is 0 Å². The highest BCUT2D eigenvalue weighted by atomic mass is 16.4. The van der Waals surface area contributed by atoms with Crippen LogP contribution in [-0.2, 0) is 17.8 Å². The molecule has 20 heavy (non-hydrogen) atoms. The fraction of sp³-hybridized carbons (Fsp3) is 0.467. The lowest BCUT2D eigenvalue weighted by atomic mass is 9.76. The molecule has 1 saturated carbocycles. The first-order chi connectivity index (χ1) is 9.49. The number of hydrogen-bond acceptors (Lipinski definition) is 3. The molecule has 1 aromatic rings. The van der Waals surface area contributed by atoms with Gasteiger partial charge in [0.25, 0.3) is 0 Å². The number of benzene rings is 1. The van der Waals surface area contributed by atoms with Gasteiger partial charge >= 0.3 is 5.97 Å². The second kappa shape index (κ2) is 4.59. The van der Waals surface area contributed by atoms with Gasteiger partial charge in [-0.05, 0) is 48.9 Å². The Morgan fingerprint density at radius 1 is 1.25 bits per heavy atom. The van der Waals surface area contributed by atoms with Gasteiger partial charge in [0.2, 0.25) is 5.91 Å². The van der Waals surface area contributed by atoms with E-state index < -0.39 is 11.5 Å². The Hall–Kier alpha value is -1.88. The molecule has 5 heteroatoms. The molecule has 1 heterocycles. The van der Waals surface area contributed by atoms with Gasteiger partial charge in [-0.3, -0.25) is 4.79 Å². The maximum absolute atomic E-state index is 12.4. The highest BCUT2D eigenvalue weighted by Gasteiger charge is 2.43. The summed E-state index contributed by atoms with van der Waals surface area (Å²) >= 11 is 0. The first kappa shape index (κ1) is 13.1. The largest absolute Gasteiger partial charge is 0.478 e. The van der Waals surface area contributed by atoms with E-state index in [1.54, 1.807) is 17.0 Å². The second-order valence-corrected chi connectivity index (χ2v) is 5.78. The minimum Gasteiger partial charge on any atom is -0.478 e. The Morgan fingerprint density at radius 3 is 2.60 bits per heavy atom. The van der Waals surface area contributed by atoms with Crippen LogP contribution in [0.25, 0.3) is 0 Å². The summed E-state index contributed by atoms with van der Waals surface area (Å²) in [5.74, 6) is -0.930. The Kier molecular flexibility index (Phi) is 3.01. The van der Waals surface area contributed by atoms with Crippen molar-refractivity contribution in [2.24, 2.45) is 5.73 Å². The van der Waals surface area contributed by atoms with Crippen molar-refractivity contribution in [3.8, 4) is 0 Å². The van der Waals surface area contributed by atoms with Crippen molar-refractivity contribution in [3.05, 3.63) is 34.9 Å². The van der Waals surface area contributed by atoms with Crippen molar-refractivity contribution in [2.45, 2.75) is 37.8 Å². The molecule has 0 spiro atoms. The number of amides is 1. The lowest BCUT2D eigenvalue weighted by Crippen LogP contribution is -2.60. The number of nitrogens with zero attached hydrogens (tertiary/aromatic N) is 1. The molecule has 0 radical (unpaired) electrons. The van der Waals surface area contributed by atoms with Gasteiger partial charge in [0.05, 0.1) is 11.1 Å². The lowest BCUT2D eigenvalue weighted by Gasteiger charge is -2.41. The molecule has 1 aliphatic carbocycles. The SMILES string of the molecule is NC1(C(=O)N2CCc3ccc(C(=O)O)cc3C2)CCC1. The normalized spacial score (nSPS) is 19.9. The average Bonchev–Trinajstić information content (AvgIpc) is 2.42. The van der Waals surface area contributed by atoms with Gasteiger partial charge < -0.3 is 15.7 Å². The number of carbonyl (C=O) groups excluding carboxylic acids is 1. The predicted octanol–water partition coefficient (Wildman–Crippen LogP) is 1.15. The maximum atomic E-state index is 12.4. The van der Waals surface area contributed by atoms with Crippen LogP contribution in [0.5, 0.6) is 0 Å². The van der Waals surface area contributed by atoms with Crippen LogP contribution < -0.4 is 5.73 Å². The van der Waals surface area contributed by atoms with E-state index in [1.165, 1.54) is 0 Å². The van der Waals surface area contributed by atoms with E-state index >= 15 is 0 Å². The van der Waals surface area contributed by atoms with Gasteiger partial charge in [-0.25, -0.2) is 4.79 Å². The van der Waals surface area contributed by atoms with E-state index in [2.05, 4.69) is 0 Å². The van der Waals surface area contributed by atoms with Crippen molar-refractivity contribution >= 4 is 11.9 Å². The van der Waals surface area contributed by atoms with E-state index in [0.29, 0.717) is 13.1 Å². The van der Waals surface area contributed by atoms with Crippen LogP contribution in [0.2, 0.25) is 0 Å². The van der Waals surface area contributed by atoms with Crippen LogP contribution in [0.4, 0.5) is 0 Å². The van der Waals surface area contributed by atoms with Crippen molar-refractivity contribution in [1.82, 2.24) is 4.90 Å². The number of aromatic carboxylic acids is 1. The molecule has 0 bridgehead atoms. The molecule has 106 valence electrons. The smallest absolute Gasteiger partial charge is 0.335 e. The summed E-state index contributed by atoms with van der Waals surface area (Å²) in [6.45, 7) is 1.13. The molecule has 5 nitrogen and oxygen atoms in total. The predicted molar refractivity (Wildman–Crippen MR) is 73.3 cm³/mol. The lowest BCUT2D eigenvalue weighted by molar-refractivity contribution is -0.141. The summed E-state index contributed by atoms with van der Waals surface area (Å²) in [6.07, 6.45) is 3.28. The van der Waals surface area contributed by atoms with Crippen molar-refractivity contribution in [2.75, 3.05) is 6.54 Å². The van der Waals surface area contributed by atoms with Gasteiger partial charge in [0, 0.05) is 13.1 Å². The molecule has 1 aromatic carbocycles. The molecular formula is C15H18N2O3. The summed E-state index contributed by atoms with van der Waals surface area (Å²) in [4.78, 5) is 25.2. The number of hydrogen-bond donors (Lipinski definition) is 2. The number of nitrogens with two attached hydrogens (primary N) is 1. The van der Waals surface area contributed by atoms with Gasteiger partial charge in [-0.1, -0.05) is 6.07 Å². The zero-order valence-electron chi connectivity index (χ0n) is 11.3. The quantitative estimate of drug-likeness (QED) is 0.847. The molecule has 1 aliphatic heterocycles. The molecule has 0 aromatic heterocycles. The number of fused-ring (bicyclic) bond motifs is 1. The molecule has 0 unspecified atom stereocenters.